The van der Waals surface area contributed by atoms with E-state index in [9.17, 15) is 9.18 Å². The van der Waals surface area contributed by atoms with Gasteiger partial charge in [-0.25, -0.2) is 4.39 Å². The SMILES string of the molecule is O=CNc1ccc2c(c1)[nH]c1cc(OCCF)ccc12. The molecule has 0 atom stereocenters. The molecule has 4 nitrogen and oxygen atoms in total. The van der Waals surface area contributed by atoms with E-state index < -0.39 is 6.67 Å². The van der Waals surface area contributed by atoms with Crippen molar-refractivity contribution in [2.45, 2.75) is 0 Å². The summed E-state index contributed by atoms with van der Waals surface area (Å²) in [6.07, 6.45) is 0.646. The second-order valence-electron chi connectivity index (χ2n) is 4.39. The minimum absolute atomic E-state index is 0.0547. The van der Waals surface area contributed by atoms with Crippen LogP contribution in [0.2, 0.25) is 0 Å². The van der Waals surface area contributed by atoms with E-state index in [0.29, 0.717) is 12.2 Å². The molecule has 0 saturated carbocycles. The van der Waals surface area contributed by atoms with E-state index in [1.807, 2.05) is 36.4 Å². The fourth-order valence-electron chi connectivity index (χ4n) is 2.29. The Hall–Kier alpha value is -2.56. The van der Waals surface area contributed by atoms with Gasteiger partial charge in [0.2, 0.25) is 6.41 Å². The molecule has 3 aromatic rings. The highest BCUT2D eigenvalue weighted by Crippen LogP contribution is 2.29. The number of H-pyrrole nitrogens is 1. The van der Waals surface area contributed by atoms with Gasteiger partial charge in [0.1, 0.15) is 19.0 Å². The molecule has 3 rings (SSSR count). The van der Waals surface area contributed by atoms with Crippen LogP contribution in [0.1, 0.15) is 0 Å². The van der Waals surface area contributed by atoms with Gasteiger partial charge in [-0.3, -0.25) is 4.79 Å². The van der Waals surface area contributed by atoms with Gasteiger partial charge in [-0.05, 0) is 24.3 Å². The van der Waals surface area contributed by atoms with Crippen LogP contribution in [0.4, 0.5) is 10.1 Å². The summed E-state index contributed by atoms with van der Waals surface area (Å²) in [4.78, 5) is 13.7. The minimum atomic E-state index is -0.508. The average Bonchev–Trinajstić information content (AvgIpc) is 2.82. The molecule has 0 aliphatic heterocycles. The van der Waals surface area contributed by atoms with E-state index in [4.69, 9.17) is 4.74 Å². The lowest BCUT2D eigenvalue weighted by molar-refractivity contribution is -0.105. The number of ether oxygens (including phenoxy) is 1. The number of aromatic nitrogens is 1. The molecule has 0 aliphatic carbocycles. The van der Waals surface area contributed by atoms with Crippen molar-refractivity contribution in [3.8, 4) is 5.75 Å². The van der Waals surface area contributed by atoms with E-state index in [2.05, 4.69) is 10.3 Å². The Balaban J connectivity index is 2.07. The molecule has 1 heterocycles. The van der Waals surface area contributed by atoms with Gasteiger partial charge in [-0.1, -0.05) is 6.07 Å². The van der Waals surface area contributed by atoms with Crippen LogP contribution < -0.4 is 10.1 Å². The summed E-state index contributed by atoms with van der Waals surface area (Å²) in [6.45, 7) is -0.454. The number of alkyl halides is 1. The Morgan fingerprint density at radius 3 is 2.65 bits per heavy atom. The van der Waals surface area contributed by atoms with Crippen molar-refractivity contribution in [3.63, 3.8) is 0 Å². The average molecular weight is 272 g/mol. The first-order chi connectivity index (χ1) is 9.81. The second kappa shape index (κ2) is 5.21. The number of aromatic amines is 1. The summed E-state index contributed by atoms with van der Waals surface area (Å²) in [7, 11) is 0. The number of fused-ring (bicyclic) bond motifs is 3. The van der Waals surface area contributed by atoms with Crippen molar-refractivity contribution in [2.75, 3.05) is 18.6 Å². The molecule has 1 amide bonds. The Labute approximate surface area is 114 Å². The molecule has 0 unspecified atom stereocenters. The van der Waals surface area contributed by atoms with E-state index >= 15 is 0 Å². The first kappa shape index (κ1) is 12.5. The molecular formula is C15H13FN2O2. The lowest BCUT2D eigenvalue weighted by atomic mass is 10.1. The van der Waals surface area contributed by atoms with E-state index in [-0.39, 0.29) is 6.61 Å². The molecule has 2 N–H and O–H groups in total. The van der Waals surface area contributed by atoms with E-state index in [1.54, 1.807) is 0 Å². The minimum Gasteiger partial charge on any atom is -0.491 e. The van der Waals surface area contributed by atoms with Crippen molar-refractivity contribution in [3.05, 3.63) is 36.4 Å². The van der Waals surface area contributed by atoms with Crippen LogP contribution in [0.15, 0.2) is 36.4 Å². The van der Waals surface area contributed by atoms with Gasteiger partial charge in [0.15, 0.2) is 0 Å². The largest absolute Gasteiger partial charge is 0.491 e. The molecule has 0 aliphatic rings. The summed E-state index contributed by atoms with van der Waals surface area (Å²) in [5, 5.41) is 4.74. The third kappa shape index (κ3) is 2.18. The van der Waals surface area contributed by atoms with Crippen molar-refractivity contribution in [2.24, 2.45) is 0 Å². The molecule has 0 spiro atoms. The predicted octanol–water partition coefficient (Wildman–Crippen LogP) is 3.24. The van der Waals surface area contributed by atoms with Crippen LogP contribution in [0, 0.1) is 0 Å². The number of amides is 1. The van der Waals surface area contributed by atoms with Crippen molar-refractivity contribution in [1.82, 2.24) is 4.98 Å². The Kier molecular flexibility index (Phi) is 3.25. The Morgan fingerprint density at radius 2 is 1.90 bits per heavy atom. The van der Waals surface area contributed by atoms with Gasteiger partial charge in [-0.15, -0.1) is 0 Å². The lowest BCUT2D eigenvalue weighted by Gasteiger charge is -2.02. The number of benzene rings is 2. The maximum Gasteiger partial charge on any atom is 0.211 e. The van der Waals surface area contributed by atoms with E-state index in [0.717, 1.165) is 27.5 Å². The van der Waals surface area contributed by atoms with Crippen LogP contribution >= 0.6 is 0 Å². The fraction of sp³-hybridized carbons (Fsp3) is 0.133. The van der Waals surface area contributed by atoms with Gasteiger partial charge in [0.05, 0.1) is 5.52 Å². The summed E-state index contributed by atoms with van der Waals surface area (Å²) < 4.78 is 17.4. The number of hydrogen-bond acceptors (Lipinski definition) is 2. The third-order valence-electron chi connectivity index (χ3n) is 3.14. The van der Waals surface area contributed by atoms with Gasteiger partial charge < -0.3 is 15.0 Å². The summed E-state index contributed by atoms with van der Waals surface area (Å²) in [5.74, 6) is 0.632. The molecule has 5 heteroatoms. The number of anilines is 1. The normalized spacial score (nSPS) is 10.8. The van der Waals surface area contributed by atoms with Gasteiger partial charge in [0.25, 0.3) is 0 Å². The lowest BCUT2D eigenvalue weighted by Crippen LogP contribution is -1.98. The monoisotopic (exact) mass is 272 g/mol. The number of halogens is 1. The molecule has 0 fully saturated rings. The van der Waals surface area contributed by atoms with Crippen LogP contribution in [0.5, 0.6) is 5.75 Å². The Bertz CT molecular complexity index is 767. The molecular weight excluding hydrogens is 259 g/mol. The number of carbonyl (C=O) groups is 1. The molecule has 102 valence electrons. The molecule has 2 aromatic carbocycles. The van der Waals surface area contributed by atoms with Gasteiger partial charge >= 0.3 is 0 Å². The number of carbonyl (C=O) groups excluding carboxylic acids is 1. The van der Waals surface area contributed by atoms with Crippen LogP contribution in [-0.4, -0.2) is 24.7 Å². The third-order valence-corrected chi connectivity index (χ3v) is 3.14. The standard InChI is InChI=1S/C15H13FN2O2/c16-5-6-20-11-2-4-13-12-3-1-10(17-9-19)7-14(12)18-15(13)8-11/h1-4,7-9,18H,5-6H2,(H,17,19). The maximum absolute atomic E-state index is 12.1. The maximum atomic E-state index is 12.1. The zero-order valence-electron chi connectivity index (χ0n) is 10.7. The molecule has 0 bridgehead atoms. The highest BCUT2D eigenvalue weighted by Gasteiger charge is 2.06. The zero-order valence-corrected chi connectivity index (χ0v) is 10.7. The van der Waals surface area contributed by atoms with Gasteiger partial charge in [0, 0.05) is 28.0 Å². The number of rotatable bonds is 5. The van der Waals surface area contributed by atoms with Crippen LogP contribution in [0.25, 0.3) is 21.8 Å². The smallest absolute Gasteiger partial charge is 0.211 e. The summed E-state index contributed by atoms with van der Waals surface area (Å²) in [5.41, 5.74) is 2.57. The van der Waals surface area contributed by atoms with Crippen molar-refractivity contribution < 1.29 is 13.9 Å². The summed E-state index contributed by atoms with van der Waals surface area (Å²) in [6, 6.07) is 11.3. The van der Waals surface area contributed by atoms with Crippen LogP contribution in [0.3, 0.4) is 0 Å². The molecule has 0 radical (unpaired) electrons. The fourth-order valence-corrected chi connectivity index (χ4v) is 2.29. The van der Waals surface area contributed by atoms with Gasteiger partial charge in [-0.2, -0.15) is 0 Å². The number of nitrogens with one attached hydrogen (secondary N) is 2. The number of hydrogen-bond donors (Lipinski definition) is 2. The molecule has 20 heavy (non-hydrogen) atoms. The first-order valence-corrected chi connectivity index (χ1v) is 6.26. The van der Waals surface area contributed by atoms with Crippen molar-refractivity contribution in [1.29, 1.82) is 0 Å². The predicted molar refractivity (Wildman–Crippen MR) is 77.0 cm³/mol. The molecule has 1 aromatic heterocycles. The highest BCUT2D eigenvalue weighted by molar-refractivity contribution is 6.08. The van der Waals surface area contributed by atoms with E-state index in [1.165, 1.54) is 0 Å². The zero-order chi connectivity index (χ0) is 13.9. The topological polar surface area (TPSA) is 54.1 Å². The Morgan fingerprint density at radius 1 is 1.15 bits per heavy atom. The quantitative estimate of drug-likeness (QED) is 0.700. The van der Waals surface area contributed by atoms with Crippen molar-refractivity contribution >= 4 is 33.9 Å². The first-order valence-electron chi connectivity index (χ1n) is 6.26. The van der Waals surface area contributed by atoms with Crippen LogP contribution in [-0.2, 0) is 4.79 Å². The molecule has 0 saturated heterocycles. The highest BCUT2D eigenvalue weighted by atomic mass is 19.1. The second-order valence-corrected chi connectivity index (χ2v) is 4.39. The summed E-state index contributed by atoms with van der Waals surface area (Å²) >= 11 is 0.